The molecule has 4 nitrogen and oxygen atoms in total. The van der Waals surface area contributed by atoms with E-state index in [9.17, 15) is 15.3 Å². The van der Waals surface area contributed by atoms with Gasteiger partial charge in [-0.1, -0.05) is 13.8 Å². The number of aliphatic hydroxyl groups is 3. The minimum absolute atomic E-state index is 0.144. The summed E-state index contributed by atoms with van der Waals surface area (Å²) in [5.41, 5.74) is -1.34. The number of hydrogen-bond acceptors (Lipinski definition) is 4. The first-order chi connectivity index (χ1) is 12.7. The summed E-state index contributed by atoms with van der Waals surface area (Å²) in [6.07, 6.45) is 11.3. The van der Waals surface area contributed by atoms with Crippen LogP contribution in [0.3, 0.4) is 0 Å². The van der Waals surface area contributed by atoms with E-state index in [2.05, 4.69) is 13.8 Å². The minimum atomic E-state index is -1.01. The van der Waals surface area contributed by atoms with E-state index in [0.717, 1.165) is 50.5 Å². The van der Waals surface area contributed by atoms with Crippen LogP contribution < -0.4 is 0 Å². The SMILES string of the molecule is C[C@]12CC[C@H](O)C[C@@H]1CC[C@@H]1[C@@H]2CC[C@@]2(C)[C@@](O)(c3ccoc3)CC[C@]12O. The largest absolute Gasteiger partial charge is 0.472 e. The topological polar surface area (TPSA) is 73.8 Å². The monoisotopic (exact) mass is 374 g/mol. The molecule has 0 radical (unpaired) electrons. The molecule has 150 valence electrons. The molecule has 5 rings (SSSR count). The van der Waals surface area contributed by atoms with Crippen molar-refractivity contribution in [3.63, 3.8) is 0 Å². The normalized spacial score (nSPS) is 54.9. The van der Waals surface area contributed by atoms with Crippen LogP contribution in [0.25, 0.3) is 0 Å². The molecule has 0 amide bonds. The highest BCUT2D eigenvalue weighted by atomic mass is 16.3. The van der Waals surface area contributed by atoms with Gasteiger partial charge in [-0.2, -0.15) is 0 Å². The molecule has 1 heterocycles. The quantitative estimate of drug-likeness (QED) is 0.695. The third-order valence-electron chi connectivity index (χ3n) is 9.97. The Balaban J connectivity index is 1.52. The first-order valence-corrected chi connectivity index (χ1v) is 10.9. The molecule has 8 atom stereocenters. The van der Waals surface area contributed by atoms with Gasteiger partial charge < -0.3 is 19.7 Å². The Morgan fingerprint density at radius 2 is 1.78 bits per heavy atom. The van der Waals surface area contributed by atoms with Crippen molar-refractivity contribution in [2.24, 2.45) is 28.6 Å². The molecule has 4 heteroatoms. The molecular formula is C23H34O4. The molecule has 0 spiro atoms. The molecule has 4 aliphatic carbocycles. The van der Waals surface area contributed by atoms with Gasteiger partial charge in [-0.3, -0.25) is 0 Å². The van der Waals surface area contributed by atoms with Gasteiger partial charge in [0.25, 0.3) is 0 Å². The van der Waals surface area contributed by atoms with Crippen molar-refractivity contribution in [2.45, 2.75) is 88.9 Å². The Bertz CT molecular complexity index is 716. The van der Waals surface area contributed by atoms with Gasteiger partial charge in [0.15, 0.2) is 0 Å². The van der Waals surface area contributed by atoms with Gasteiger partial charge in [-0.25, -0.2) is 0 Å². The fourth-order valence-electron chi connectivity index (χ4n) is 8.18. The average Bonchev–Trinajstić information content (AvgIpc) is 3.24. The molecule has 1 aromatic rings. The molecule has 27 heavy (non-hydrogen) atoms. The summed E-state index contributed by atoms with van der Waals surface area (Å²) in [5.74, 6) is 1.31. The highest BCUT2D eigenvalue weighted by Crippen LogP contribution is 2.71. The Morgan fingerprint density at radius 1 is 0.963 bits per heavy atom. The molecule has 0 bridgehead atoms. The van der Waals surface area contributed by atoms with Crippen molar-refractivity contribution < 1.29 is 19.7 Å². The smallest absolute Gasteiger partial charge is 0.101 e. The van der Waals surface area contributed by atoms with Crippen LogP contribution in [0.15, 0.2) is 23.0 Å². The Kier molecular flexibility index (Phi) is 3.78. The lowest BCUT2D eigenvalue weighted by atomic mass is 9.43. The summed E-state index contributed by atoms with van der Waals surface area (Å²) in [6.45, 7) is 4.53. The number of rotatable bonds is 1. The highest BCUT2D eigenvalue weighted by molar-refractivity contribution is 5.30. The van der Waals surface area contributed by atoms with Crippen LogP contribution >= 0.6 is 0 Å². The fourth-order valence-corrected chi connectivity index (χ4v) is 8.18. The summed E-state index contributed by atoms with van der Waals surface area (Å²) in [5, 5.41) is 34.0. The molecule has 4 saturated carbocycles. The Labute approximate surface area is 162 Å². The lowest BCUT2D eigenvalue weighted by molar-refractivity contribution is -0.238. The maximum Gasteiger partial charge on any atom is 0.101 e. The van der Waals surface area contributed by atoms with Gasteiger partial charge in [0.1, 0.15) is 5.60 Å². The number of fused-ring (bicyclic) bond motifs is 5. The molecular weight excluding hydrogens is 340 g/mol. The van der Waals surface area contributed by atoms with Crippen LogP contribution in [0.4, 0.5) is 0 Å². The second-order valence-electron chi connectivity index (χ2n) is 10.6. The maximum atomic E-state index is 12.1. The van der Waals surface area contributed by atoms with E-state index in [1.165, 1.54) is 0 Å². The molecule has 0 saturated heterocycles. The second-order valence-corrected chi connectivity index (χ2v) is 10.6. The van der Waals surface area contributed by atoms with Crippen LogP contribution in [0.5, 0.6) is 0 Å². The summed E-state index contributed by atoms with van der Waals surface area (Å²) in [6, 6.07) is 1.86. The zero-order chi connectivity index (χ0) is 19.1. The van der Waals surface area contributed by atoms with E-state index < -0.39 is 16.6 Å². The van der Waals surface area contributed by atoms with E-state index in [0.29, 0.717) is 24.7 Å². The predicted molar refractivity (Wildman–Crippen MR) is 102 cm³/mol. The summed E-state index contributed by atoms with van der Waals surface area (Å²) in [7, 11) is 0. The third-order valence-corrected chi connectivity index (χ3v) is 9.97. The predicted octanol–water partition coefficient (Wildman–Crippen LogP) is 3.99. The zero-order valence-corrected chi connectivity index (χ0v) is 16.7. The lowest BCUT2D eigenvalue weighted by Crippen LogP contribution is -2.64. The zero-order valence-electron chi connectivity index (χ0n) is 16.7. The van der Waals surface area contributed by atoms with Crippen molar-refractivity contribution >= 4 is 0 Å². The van der Waals surface area contributed by atoms with E-state index in [4.69, 9.17) is 4.42 Å². The molecule has 0 unspecified atom stereocenters. The summed E-state index contributed by atoms with van der Waals surface area (Å²) < 4.78 is 5.29. The lowest BCUT2D eigenvalue weighted by Gasteiger charge is -2.64. The Hall–Kier alpha value is -0.840. The highest BCUT2D eigenvalue weighted by Gasteiger charge is 2.72. The van der Waals surface area contributed by atoms with Crippen LogP contribution in [0, 0.1) is 28.6 Å². The Morgan fingerprint density at radius 3 is 2.52 bits per heavy atom. The van der Waals surface area contributed by atoms with Crippen molar-refractivity contribution in [3.05, 3.63) is 24.2 Å². The van der Waals surface area contributed by atoms with Crippen LogP contribution in [0.2, 0.25) is 0 Å². The number of aliphatic hydroxyl groups excluding tert-OH is 1. The van der Waals surface area contributed by atoms with E-state index in [-0.39, 0.29) is 17.4 Å². The third kappa shape index (κ3) is 2.10. The van der Waals surface area contributed by atoms with Crippen molar-refractivity contribution in [3.8, 4) is 0 Å². The van der Waals surface area contributed by atoms with Crippen molar-refractivity contribution in [1.29, 1.82) is 0 Å². The first kappa shape index (κ1) is 18.2. The van der Waals surface area contributed by atoms with Gasteiger partial charge in [0.05, 0.1) is 24.2 Å². The molecule has 4 aliphatic rings. The molecule has 1 aromatic heterocycles. The van der Waals surface area contributed by atoms with Gasteiger partial charge in [-0.05, 0) is 87.0 Å². The standard InChI is InChI=1S/C23H34O4/c1-20-8-5-17(24)13-15(20)3-4-19-18(20)6-9-21(2)22(25,10-11-23(19,21)26)16-7-12-27-14-16/h7,12,14-15,17-19,24-26H,3-6,8-11,13H2,1-2H3/t15-,17-,18-,19+,20-,21-,22-,23-/m0/s1. The molecule has 0 aromatic carbocycles. The van der Waals surface area contributed by atoms with E-state index in [1.807, 2.05) is 6.07 Å². The molecule has 3 N–H and O–H groups in total. The van der Waals surface area contributed by atoms with Crippen LogP contribution in [0.1, 0.15) is 77.2 Å². The van der Waals surface area contributed by atoms with Gasteiger partial charge in [0.2, 0.25) is 0 Å². The van der Waals surface area contributed by atoms with Crippen LogP contribution in [-0.4, -0.2) is 27.0 Å². The maximum absolute atomic E-state index is 12.1. The number of hydrogen-bond donors (Lipinski definition) is 3. The van der Waals surface area contributed by atoms with Crippen molar-refractivity contribution in [2.75, 3.05) is 0 Å². The molecule has 0 aliphatic heterocycles. The van der Waals surface area contributed by atoms with E-state index >= 15 is 0 Å². The van der Waals surface area contributed by atoms with Gasteiger partial charge >= 0.3 is 0 Å². The van der Waals surface area contributed by atoms with Gasteiger partial charge in [0, 0.05) is 11.0 Å². The summed E-state index contributed by atoms with van der Waals surface area (Å²) >= 11 is 0. The average molecular weight is 375 g/mol. The first-order valence-electron chi connectivity index (χ1n) is 10.9. The summed E-state index contributed by atoms with van der Waals surface area (Å²) in [4.78, 5) is 0. The van der Waals surface area contributed by atoms with Crippen molar-refractivity contribution in [1.82, 2.24) is 0 Å². The number of furan rings is 1. The van der Waals surface area contributed by atoms with Crippen LogP contribution in [-0.2, 0) is 5.60 Å². The fraction of sp³-hybridized carbons (Fsp3) is 0.826. The molecule has 4 fully saturated rings. The van der Waals surface area contributed by atoms with Gasteiger partial charge in [-0.15, -0.1) is 0 Å². The minimum Gasteiger partial charge on any atom is -0.472 e. The van der Waals surface area contributed by atoms with E-state index in [1.54, 1.807) is 12.5 Å². The second kappa shape index (κ2) is 5.61.